The number of nitrogens with one attached hydrogen (secondary N) is 1. The maximum absolute atomic E-state index is 14.2. The van der Waals surface area contributed by atoms with Crippen LogP contribution in [0.2, 0.25) is 5.02 Å². The molecule has 0 bridgehead atoms. The molecule has 4 aromatic carbocycles. The highest BCUT2D eigenvalue weighted by molar-refractivity contribution is 7.22. The predicted molar refractivity (Wildman–Crippen MR) is 154 cm³/mol. The summed E-state index contributed by atoms with van der Waals surface area (Å²) in [6.45, 7) is 0. The number of benzene rings is 4. The minimum Gasteiger partial charge on any atom is -0.507 e. The number of rotatable bonds is 3. The van der Waals surface area contributed by atoms with E-state index in [-0.39, 0.29) is 17.0 Å². The van der Waals surface area contributed by atoms with E-state index < -0.39 is 5.92 Å². The second-order valence-electron chi connectivity index (χ2n) is 8.78. The molecule has 0 radical (unpaired) electrons. The lowest BCUT2D eigenvalue weighted by molar-refractivity contribution is 0.505. The summed E-state index contributed by atoms with van der Waals surface area (Å²) in [6, 6.07) is 33.6. The van der Waals surface area contributed by atoms with Crippen LogP contribution in [0.4, 0.5) is 10.7 Å². The van der Waals surface area contributed by atoms with Crippen LogP contribution in [0.25, 0.3) is 15.8 Å². The highest BCUT2D eigenvalue weighted by Crippen LogP contribution is 2.49. The molecule has 1 aliphatic rings. The van der Waals surface area contributed by atoms with Crippen LogP contribution in [0.15, 0.2) is 120 Å². The number of fused-ring (bicyclic) bond motifs is 2. The molecule has 2 heterocycles. The normalized spacial score (nSPS) is 16.5. The minimum absolute atomic E-state index is 0.0216. The van der Waals surface area contributed by atoms with E-state index in [0.717, 1.165) is 16.0 Å². The van der Waals surface area contributed by atoms with Gasteiger partial charge in [0.25, 0.3) is 0 Å². The van der Waals surface area contributed by atoms with Gasteiger partial charge in [0.15, 0.2) is 5.43 Å². The van der Waals surface area contributed by atoms with Crippen LogP contribution in [-0.2, 0) is 0 Å². The summed E-state index contributed by atoms with van der Waals surface area (Å²) in [5.41, 5.74) is 2.92. The molecule has 5 aromatic rings. The van der Waals surface area contributed by atoms with E-state index in [4.69, 9.17) is 11.6 Å². The summed E-state index contributed by atoms with van der Waals surface area (Å²) in [6.07, 6.45) is 0. The fourth-order valence-electron chi connectivity index (χ4n) is 4.90. The Hall–Kier alpha value is -4.19. The third-order valence-corrected chi connectivity index (χ3v) is 7.97. The number of nitrogens with zero attached hydrogens (tertiary/aromatic N) is 1. The van der Waals surface area contributed by atoms with Crippen molar-refractivity contribution in [2.45, 2.75) is 5.92 Å². The summed E-state index contributed by atoms with van der Waals surface area (Å²) in [4.78, 5) is 16.0. The van der Waals surface area contributed by atoms with Gasteiger partial charge in [-0.3, -0.25) is 15.1 Å². The van der Waals surface area contributed by atoms with Gasteiger partial charge in [0, 0.05) is 43.4 Å². The van der Waals surface area contributed by atoms with Gasteiger partial charge in [0.05, 0.1) is 0 Å². The van der Waals surface area contributed by atoms with Crippen molar-refractivity contribution in [3.63, 3.8) is 0 Å². The molecular formula is C31H21ClN2O2S. The molecular weight excluding hydrogens is 500 g/mol. The molecule has 0 saturated heterocycles. The van der Waals surface area contributed by atoms with Gasteiger partial charge in [0.1, 0.15) is 16.6 Å². The Balaban J connectivity index is 1.77. The summed E-state index contributed by atoms with van der Waals surface area (Å²) < 4.78 is 0.747. The molecule has 4 nitrogen and oxygen atoms in total. The van der Waals surface area contributed by atoms with Crippen LogP contribution in [0, 0.1) is 5.41 Å². The number of hydrogen-bond donors (Lipinski definition) is 2. The van der Waals surface area contributed by atoms with E-state index in [2.05, 4.69) is 0 Å². The molecule has 0 spiro atoms. The van der Waals surface area contributed by atoms with Gasteiger partial charge in [-0.05, 0) is 35.9 Å². The van der Waals surface area contributed by atoms with Crippen molar-refractivity contribution in [3.05, 3.63) is 147 Å². The zero-order valence-corrected chi connectivity index (χ0v) is 21.1. The Morgan fingerprint density at radius 3 is 2.16 bits per heavy atom. The van der Waals surface area contributed by atoms with Crippen molar-refractivity contribution in [1.82, 2.24) is 0 Å². The van der Waals surface area contributed by atoms with Gasteiger partial charge in [-0.15, -0.1) is 11.3 Å². The predicted octanol–water partition coefficient (Wildman–Crippen LogP) is 8.15. The van der Waals surface area contributed by atoms with E-state index >= 15 is 0 Å². The molecule has 180 valence electrons. The Morgan fingerprint density at radius 1 is 0.865 bits per heavy atom. The lowest BCUT2D eigenvalue weighted by Gasteiger charge is -2.37. The van der Waals surface area contributed by atoms with E-state index in [1.54, 1.807) is 23.1 Å². The molecule has 0 aliphatic carbocycles. The maximum atomic E-state index is 14.2. The molecule has 0 fully saturated rings. The molecule has 1 aliphatic heterocycles. The summed E-state index contributed by atoms with van der Waals surface area (Å²) >= 11 is 7.73. The maximum Gasteiger partial charge on any atom is 0.194 e. The monoisotopic (exact) mass is 520 g/mol. The number of aliphatic hydroxyl groups is 1. The molecule has 0 amide bonds. The fourth-order valence-corrected chi connectivity index (χ4v) is 6.41. The lowest BCUT2D eigenvalue weighted by atomic mass is 9.80. The van der Waals surface area contributed by atoms with Gasteiger partial charge in [0.2, 0.25) is 0 Å². The van der Waals surface area contributed by atoms with Crippen molar-refractivity contribution >= 4 is 55.3 Å². The molecule has 1 atom stereocenters. The molecule has 6 rings (SSSR count). The topological polar surface area (TPSA) is 64.4 Å². The second kappa shape index (κ2) is 9.36. The molecule has 0 saturated carbocycles. The average molecular weight is 521 g/mol. The quantitative estimate of drug-likeness (QED) is 0.236. The van der Waals surface area contributed by atoms with E-state index in [1.165, 1.54) is 11.3 Å². The third kappa shape index (κ3) is 3.93. The van der Waals surface area contributed by atoms with Crippen LogP contribution in [0.3, 0.4) is 0 Å². The van der Waals surface area contributed by atoms with Crippen LogP contribution in [0.1, 0.15) is 22.6 Å². The van der Waals surface area contributed by atoms with Crippen molar-refractivity contribution < 1.29 is 5.11 Å². The third-order valence-electron chi connectivity index (χ3n) is 6.58. The van der Waals surface area contributed by atoms with Crippen molar-refractivity contribution in [2.75, 3.05) is 4.90 Å². The molecule has 1 aromatic heterocycles. The van der Waals surface area contributed by atoms with Crippen LogP contribution >= 0.6 is 22.9 Å². The number of aliphatic hydroxyl groups excluding tert-OH is 1. The van der Waals surface area contributed by atoms with Gasteiger partial charge in [-0.1, -0.05) is 90.5 Å². The number of amidine groups is 1. The lowest BCUT2D eigenvalue weighted by Crippen LogP contribution is -2.38. The highest BCUT2D eigenvalue weighted by atomic mass is 35.5. The van der Waals surface area contributed by atoms with Crippen molar-refractivity contribution in [2.24, 2.45) is 0 Å². The first-order chi connectivity index (χ1) is 18.0. The molecule has 37 heavy (non-hydrogen) atoms. The molecule has 6 heteroatoms. The van der Waals surface area contributed by atoms with Crippen molar-refractivity contribution in [3.8, 4) is 0 Å². The van der Waals surface area contributed by atoms with Gasteiger partial charge in [-0.2, -0.15) is 0 Å². The zero-order chi connectivity index (χ0) is 25.5. The summed E-state index contributed by atoms with van der Waals surface area (Å²) in [7, 11) is 0. The number of hydrogen-bond acceptors (Lipinski definition) is 4. The largest absolute Gasteiger partial charge is 0.507 e. The smallest absolute Gasteiger partial charge is 0.194 e. The highest BCUT2D eigenvalue weighted by Gasteiger charge is 2.40. The van der Waals surface area contributed by atoms with Crippen LogP contribution < -0.4 is 10.3 Å². The number of halogens is 1. The second-order valence-corrected chi connectivity index (χ2v) is 10.2. The first kappa shape index (κ1) is 23.2. The van der Waals surface area contributed by atoms with E-state index in [0.29, 0.717) is 32.1 Å². The standard InChI is InChI=1S/C31H21ClN2O2S/c32-21-16-17-23-24(18-21)37-31-27(29(23)36)25(19-10-4-1-5-11-19)26(28(35)20-12-6-2-7-13-20)30(33)34(31)22-14-8-3-9-15-22/h1-18,25,33,35H/b28-26+,33-30?/t25-/m1/s1. The zero-order valence-electron chi connectivity index (χ0n) is 19.6. The van der Waals surface area contributed by atoms with E-state index in [1.807, 2.05) is 91.0 Å². The van der Waals surface area contributed by atoms with E-state index in [9.17, 15) is 15.3 Å². The Kier molecular flexibility index (Phi) is 5.87. The first-order valence-electron chi connectivity index (χ1n) is 11.8. The van der Waals surface area contributed by atoms with Gasteiger partial charge >= 0.3 is 0 Å². The fraction of sp³-hybridized carbons (Fsp3) is 0.0323. The Morgan fingerprint density at radius 2 is 1.49 bits per heavy atom. The van der Waals surface area contributed by atoms with Crippen molar-refractivity contribution in [1.29, 1.82) is 5.41 Å². The average Bonchev–Trinajstić information content (AvgIpc) is 2.93. The SMILES string of the molecule is N=C1/C(=C(/O)c2ccccc2)[C@@H](c2ccccc2)c2c(sc3cc(Cl)ccc3c2=O)N1c1ccccc1. The van der Waals surface area contributed by atoms with Crippen LogP contribution in [-0.4, -0.2) is 10.9 Å². The first-order valence-corrected chi connectivity index (χ1v) is 13.0. The van der Waals surface area contributed by atoms with Gasteiger partial charge < -0.3 is 5.11 Å². The minimum atomic E-state index is -0.632. The number of para-hydroxylation sites is 1. The number of anilines is 2. The summed E-state index contributed by atoms with van der Waals surface area (Å²) in [5, 5.41) is 22.9. The molecule has 0 unspecified atom stereocenters. The van der Waals surface area contributed by atoms with Gasteiger partial charge in [-0.25, -0.2) is 0 Å². The molecule has 2 N–H and O–H groups in total. The Bertz CT molecular complexity index is 1730. The van der Waals surface area contributed by atoms with Crippen LogP contribution in [0.5, 0.6) is 0 Å². The Labute approximate surface area is 222 Å². The summed E-state index contributed by atoms with van der Waals surface area (Å²) in [5.74, 6) is -0.537.